The molecule has 2 N–H and O–H groups in total. The molecule has 0 aromatic heterocycles. The van der Waals surface area contributed by atoms with Gasteiger partial charge < -0.3 is 15.1 Å². The third-order valence-corrected chi connectivity index (χ3v) is 5.88. The van der Waals surface area contributed by atoms with Crippen molar-refractivity contribution in [3.05, 3.63) is 65.2 Å². The highest BCUT2D eigenvalue weighted by molar-refractivity contribution is 5.79. The Balaban J connectivity index is 1.46. The number of hydrogen-bond acceptors (Lipinski definition) is 3. The number of piperidine rings is 1. The Kier molecular flexibility index (Phi) is 4.00. The molecule has 1 amide bonds. The number of hydrogen-bond donors (Lipinski definition) is 2. The predicted octanol–water partition coefficient (Wildman–Crippen LogP) is 2.41. The number of likely N-dealkylation sites (tertiary alicyclic amines) is 1. The topological polar surface area (TPSA) is 60.8 Å². The molecule has 4 rings (SSSR count). The molecule has 1 aliphatic carbocycles. The van der Waals surface area contributed by atoms with Gasteiger partial charge >= 0.3 is 0 Å². The van der Waals surface area contributed by atoms with Gasteiger partial charge in [-0.3, -0.25) is 4.79 Å². The Morgan fingerprint density at radius 1 is 1.12 bits per heavy atom. The van der Waals surface area contributed by atoms with E-state index < -0.39 is 0 Å². The number of benzene rings is 2. The summed E-state index contributed by atoms with van der Waals surface area (Å²) in [6, 6.07) is 15.2. The zero-order valence-corrected chi connectivity index (χ0v) is 14.2. The van der Waals surface area contributed by atoms with Gasteiger partial charge in [-0.25, -0.2) is 0 Å². The molecule has 1 saturated heterocycles. The number of fused-ring (bicyclic) bond motifs is 2. The molecule has 1 fully saturated rings. The van der Waals surface area contributed by atoms with Gasteiger partial charge in [0.2, 0.25) is 5.91 Å². The molecule has 25 heavy (non-hydrogen) atoms. The van der Waals surface area contributed by atoms with Gasteiger partial charge in [-0.2, -0.15) is 0 Å². The van der Waals surface area contributed by atoms with Crippen LogP contribution >= 0.6 is 0 Å². The molecular formula is C21H23NO3. The minimum atomic E-state index is -0.353. The van der Waals surface area contributed by atoms with Crippen LogP contribution in [0.4, 0.5) is 0 Å². The standard InChI is InChI=1S/C21H23NO3/c23-17-6-3-4-15(12-17)13-20(25)22-10-8-21(9-11-22)18-7-2-1-5-16(18)14-19(21)24/h1-7,12,19,23-24H,8-11,13-14H2/t19-/m1/s1. The van der Waals surface area contributed by atoms with Crippen LogP contribution in [0.1, 0.15) is 29.5 Å². The minimum absolute atomic E-state index is 0.0845. The van der Waals surface area contributed by atoms with Crippen molar-refractivity contribution in [2.75, 3.05) is 13.1 Å². The summed E-state index contributed by atoms with van der Waals surface area (Å²) in [5.74, 6) is 0.273. The normalized spacial score (nSPS) is 21.3. The number of nitrogens with zero attached hydrogens (tertiary/aromatic N) is 1. The molecule has 0 unspecified atom stereocenters. The van der Waals surface area contributed by atoms with Crippen LogP contribution in [0.2, 0.25) is 0 Å². The summed E-state index contributed by atoms with van der Waals surface area (Å²) in [5, 5.41) is 20.2. The Morgan fingerprint density at radius 2 is 1.88 bits per heavy atom. The summed E-state index contributed by atoms with van der Waals surface area (Å²) in [4.78, 5) is 14.5. The van der Waals surface area contributed by atoms with Crippen molar-refractivity contribution in [2.24, 2.45) is 0 Å². The van der Waals surface area contributed by atoms with Crippen molar-refractivity contribution in [2.45, 2.75) is 37.2 Å². The number of phenols is 1. The quantitative estimate of drug-likeness (QED) is 0.885. The lowest BCUT2D eigenvalue weighted by atomic mass is 9.72. The van der Waals surface area contributed by atoms with E-state index in [-0.39, 0.29) is 23.2 Å². The van der Waals surface area contributed by atoms with Gasteiger partial charge in [-0.15, -0.1) is 0 Å². The minimum Gasteiger partial charge on any atom is -0.508 e. The van der Waals surface area contributed by atoms with Crippen molar-refractivity contribution in [3.63, 3.8) is 0 Å². The van der Waals surface area contributed by atoms with E-state index in [4.69, 9.17) is 0 Å². The molecule has 0 bridgehead atoms. The first-order chi connectivity index (χ1) is 12.1. The summed E-state index contributed by atoms with van der Waals surface area (Å²) in [6.07, 6.45) is 2.27. The maximum atomic E-state index is 12.6. The van der Waals surface area contributed by atoms with E-state index in [0.29, 0.717) is 25.9 Å². The molecule has 1 aliphatic heterocycles. The van der Waals surface area contributed by atoms with Crippen LogP contribution in [-0.2, 0) is 23.1 Å². The van der Waals surface area contributed by atoms with Gasteiger partial charge in [-0.1, -0.05) is 36.4 Å². The van der Waals surface area contributed by atoms with Gasteiger partial charge in [0.25, 0.3) is 0 Å². The van der Waals surface area contributed by atoms with Gasteiger partial charge in [0.1, 0.15) is 5.75 Å². The molecule has 130 valence electrons. The maximum Gasteiger partial charge on any atom is 0.226 e. The summed E-state index contributed by atoms with van der Waals surface area (Å²) >= 11 is 0. The second-order valence-electron chi connectivity index (χ2n) is 7.26. The average Bonchev–Trinajstić information content (AvgIpc) is 2.88. The van der Waals surface area contributed by atoms with Gasteiger partial charge in [0.05, 0.1) is 12.5 Å². The van der Waals surface area contributed by atoms with E-state index >= 15 is 0 Å². The summed E-state index contributed by atoms with van der Waals surface area (Å²) in [6.45, 7) is 1.34. The molecule has 4 nitrogen and oxygen atoms in total. The third kappa shape index (κ3) is 2.81. The summed E-state index contributed by atoms with van der Waals surface area (Å²) in [5.41, 5.74) is 3.15. The average molecular weight is 337 g/mol. The second-order valence-corrected chi connectivity index (χ2v) is 7.26. The van der Waals surface area contributed by atoms with Crippen molar-refractivity contribution < 1.29 is 15.0 Å². The molecule has 2 aromatic carbocycles. The Bertz CT molecular complexity index is 793. The zero-order valence-electron chi connectivity index (χ0n) is 14.2. The first-order valence-electron chi connectivity index (χ1n) is 8.91. The fourth-order valence-electron chi connectivity index (χ4n) is 4.48. The number of amides is 1. The molecule has 0 radical (unpaired) electrons. The van der Waals surface area contributed by atoms with Crippen molar-refractivity contribution in [1.29, 1.82) is 0 Å². The number of carbonyl (C=O) groups is 1. The Hall–Kier alpha value is -2.33. The van der Waals surface area contributed by atoms with Crippen LogP contribution in [0.3, 0.4) is 0 Å². The lowest BCUT2D eigenvalue weighted by Crippen LogP contribution is -2.49. The highest BCUT2D eigenvalue weighted by Gasteiger charge is 2.47. The molecule has 2 aromatic rings. The smallest absolute Gasteiger partial charge is 0.226 e. The van der Waals surface area contributed by atoms with Crippen molar-refractivity contribution >= 4 is 5.91 Å². The van der Waals surface area contributed by atoms with E-state index in [1.165, 1.54) is 11.1 Å². The van der Waals surface area contributed by atoms with Gasteiger partial charge in [0.15, 0.2) is 0 Å². The van der Waals surface area contributed by atoms with Crippen LogP contribution < -0.4 is 0 Å². The van der Waals surface area contributed by atoms with E-state index in [2.05, 4.69) is 12.1 Å². The number of aromatic hydroxyl groups is 1. The SMILES string of the molecule is O=C(Cc1cccc(O)c1)N1CCC2(CC1)c1ccccc1C[C@H]2O. The Labute approximate surface area is 147 Å². The summed E-state index contributed by atoms with van der Waals surface area (Å²) in [7, 11) is 0. The zero-order chi connectivity index (χ0) is 17.4. The largest absolute Gasteiger partial charge is 0.508 e. The monoisotopic (exact) mass is 337 g/mol. The van der Waals surface area contributed by atoms with E-state index in [1.807, 2.05) is 23.1 Å². The fraction of sp³-hybridized carbons (Fsp3) is 0.381. The molecule has 1 atom stereocenters. The van der Waals surface area contributed by atoms with Gasteiger partial charge in [-0.05, 0) is 48.1 Å². The number of aliphatic hydroxyl groups is 1. The second kappa shape index (κ2) is 6.19. The highest BCUT2D eigenvalue weighted by Crippen LogP contribution is 2.46. The van der Waals surface area contributed by atoms with E-state index in [1.54, 1.807) is 18.2 Å². The van der Waals surface area contributed by atoms with E-state index in [0.717, 1.165) is 18.4 Å². The fourth-order valence-corrected chi connectivity index (χ4v) is 4.48. The molecule has 1 heterocycles. The van der Waals surface area contributed by atoms with Crippen LogP contribution in [-0.4, -0.2) is 40.2 Å². The molecular weight excluding hydrogens is 314 g/mol. The summed E-state index contributed by atoms with van der Waals surface area (Å²) < 4.78 is 0. The van der Waals surface area contributed by atoms with Crippen LogP contribution in [0, 0.1) is 0 Å². The molecule has 4 heteroatoms. The van der Waals surface area contributed by atoms with E-state index in [9.17, 15) is 15.0 Å². The predicted molar refractivity (Wildman–Crippen MR) is 95.5 cm³/mol. The van der Waals surface area contributed by atoms with Crippen LogP contribution in [0.15, 0.2) is 48.5 Å². The number of phenolic OH excluding ortho intramolecular Hbond substituents is 1. The lowest BCUT2D eigenvalue weighted by molar-refractivity contribution is -0.132. The number of rotatable bonds is 2. The maximum absolute atomic E-state index is 12.6. The Morgan fingerprint density at radius 3 is 2.64 bits per heavy atom. The molecule has 0 saturated carbocycles. The van der Waals surface area contributed by atoms with Crippen molar-refractivity contribution in [3.8, 4) is 5.75 Å². The van der Waals surface area contributed by atoms with Gasteiger partial charge in [0, 0.05) is 18.5 Å². The highest BCUT2D eigenvalue weighted by atomic mass is 16.3. The lowest BCUT2D eigenvalue weighted by Gasteiger charge is -2.42. The third-order valence-electron chi connectivity index (χ3n) is 5.88. The first kappa shape index (κ1) is 16.2. The van der Waals surface area contributed by atoms with Crippen molar-refractivity contribution in [1.82, 2.24) is 4.90 Å². The number of aliphatic hydroxyl groups excluding tert-OH is 1. The number of carbonyl (C=O) groups excluding carboxylic acids is 1. The van der Waals surface area contributed by atoms with Crippen LogP contribution in [0.5, 0.6) is 5.75 Å². The molecule has 1 spiro atoms. The first-order valence-corrected chi connectivity index (χ1v) is 8.91. The molecule has 2 aliphatic rings. The van der Waals surface area contributed by atoms with Crippen LogP contribution in [0.25, 0.3) is 0 Å².